The molecule has 88 valence electrons. The molecule has 0 saturated heterocycles. The monoisotopic (exact) mass is 225 g/mol. The fourth-order valence-electron chi connectivity index (χ4n) is 2.05. The Morgan fingerprint density at radius 2 is 2.00 bits per heavy atom. The maximum absolute atomic E-state index is 12.6. The average molecular weight is 225 g/mol. The van der Waals surface area contributed by atoms with Crippen LogP contribution in [0.5, 0.6) is 0 Å². The highest BCUT2D eigenvalue weighted by Gasteiger charge is 2.22. The van der Waals surface area contributed by atoms with E-state index in [1.165, 1.54) is 0 Å². The molecule has 0 aromatic carbocycles. The van der Waals surface area contributed by atoms with E-state index in [4.69, 9.17) is 0 Å². The van der Waals surface area contributed by atoms with Crippen molar-refractivity contribution in [2.45, 2.75) is 31.8 Å². The molecule has 2 N–H and O–H groups in total. The number of hydrogen-bond donors (Lipinski definition) is 2. The molecule has 2 atom stereocenters. The molecule has 0 radical (unpaired) electrons. The van der Waals surface area contributed by atoms with Crippen LogP contribution in [0, 0.1) is 11.7 Å². The molecule has 4 nitrogen and oxygen atoms in total. The number of anilines is 1. The number of nitrogens with zero attached hydrogens (tertiary/aromatic N) is 2. The van der Waals surface area contributed by atoms with Crippen molar-refractivity contribution in [1.29, 1.82) is 0 Å². The van der Waals surface area contributed by atoms with Gasteiger partial charge in [0.25, 0.3) is 0 Å². The van der Waals surface area contributed by atoms with Gasteiger partial charge in [0.2, 0.25) is 5.95 Å². The zero-order valence-electron chi connectivity index (χ0n) is 9.06. The molecule has 1 saturated carbocycles. The molecule has 2 rings (SSSR count). The quantitative estimate of drug-likeness (QED) is 0.820. The van der Waals surface area contributed by atoms with E-state index in [-0.39, 0.29) is 12.0 Å². The Morgan fingerprint density at radius 3 is 2.69 bits per heavy atom. The molecule has 1 heterocycles. The fourth-order valence-corrected chi connectivity index (χ4v) is 2.05. The Labute approximate surface area is 93.9 Å². The predicted molar refractivity (Wildman–Crippen MR) is 58.4 cm³/mol. The fraction of sp³-hybridized carbons (Fsp3) is 0.636. The van der Waals surface area contributed by atoms with Gasteiger partial charge in [-0.2, -0.15) is 0 Å². The van der Waals surface area contributed by atoms with Crippen molar-refractivity contribution in [1.82, 2.24) is 9.97 Å². The lowest BCUT2D eigenvalue weighted by Gasteiger charge is -2.27. The Kier molecular flexibility index (Phi) is 3.66. The second kappa shape index (κ2) is 5.21. The molecule has 1 aromatic heterocycles. The van der Waals surface area contributed by atoms with Crippen LogP contribution >= 0.6 is 0 Å². The average Bonchev–Trinajstić information content (AvgIpc) is 2.30. The van der Waals surface area contributed by atoms with E-state index in [2.05, 4.69) is 15.3 Å². The van der Waals surface area contributed by atoms with Gasteiger partial charge < -0.3 is 10.4 Å². The molecule has 16 heavy (non-hydrogen) atoms. The van der Waals surface area contributed by atoms with Gasteiger partial charge in [0.1, 0.15) is 0 Å². The molecular formula is C11H16FN3O. The van der Waals surface area contributed by atoms with Gasteiger partial charge in [-0.3, -0.25) is 0 Å². The molecule has 0 amide bonds. The highest BCUT2D eigenvalue weighted by molar-refractivity contribution is 5.22. The molecular weight excluding hydrogens is 209 g/mol. The van der Waals surface area contributed by atoms with Gasteiger partial charge in [-0.15, -0.1) is 0 Å². The summed E-state index contributed by atoms with van der Waals surface area (Å²) in [5.41, 5.74) is 0. The van der Waals surface area contributed by atoms with E-state index in [0.717, 1.165) is 38.1 Å². The third kappa shape index (κ3) is 2.88. The Bertz CT molecular complexity index is 331. The van der Waals surface area contributed by atoms with E-state index in [9.17, 15) is 9.50 Å². The van der Waals surface area contributed by atoms with Crippen LogP contribution in [0.15, 0.2) is 12.4 Å². The van der Waals surface area contributed by atoms with Crippen LogP contribution in [0.2, 0.25) is 0 Å². The molecule has 2 unspecified atom stereocenters. The van der Waals surface area contributed by atoms with Crippen molar-refractivity contribution in [3.63, 3.8) is 0 Å². The number of aliphatic hydroxyl groups excluding tert-OH is 1. The molecule has 0 bridgehead atoms. The van der Waals surface area contributed by atoms with Crippen molar-refractivity contribution in [2.24, 2.45) is 5.92 Å². The zero-order chi connectivity index (χ0) is 11.4. The minimum absolute atomic E-state index is 0.235. The predicted octanol–water partition coefficient (Wildman–Crippen LogP) is 1.58. The third-order valence-corrected chi connectivity index (χ3v) is 3.01. The van der Waals surface area contributed by atoms with Gasteiger partial charge in [0.05, 0.1) is 18.5 Å². The van der Waals surface area contributed by atoms with Crippen LogP contribution in [0.4, 0.5) is 10.3 Å². The maximum atomic E-state index is 12.6. The lowest BCUT2D eigenvalue weighted by Crippen LogP contribution is -2.30. The Hall–Kier alpha value is -1.23. The highest BCUT2D eigenvalue weighted by atomic mass is 19.1. The first-order valence-corrected chi connectivity index (χ1v) is 5.65. The molecule has 1 aliphatic carbocycles. The standard InChI is InChI=1S/C11H16FN3O/c12-9-6-14-11(15-7-9)13-5-8-3-1-2-4-10(8)16/h6-8,10,16H,1-5H2,(H,13,14,15). The van der Waals surface area contributed by atoms with Crippen LogP contribution in [0.3, 0.4) is 0 Å². The summed E-state index contributed by atoms with van der Waals surface area (Å²) in [6, 6.07) is 0. The normalized spacial score (nSPS) is 25.4. The third-order valence-electron chi connectivity index (χ3n) is 3.01. The summed E-state index contributed by atoms with van der Waals surface area (Å²) in [5.74, 6) is 0.227. The number of aliphatic hydroxyl groups is 1. The summed E-state index contributed by atoms with van der Waals surface area (Å²) < 4.78 is 12.6. The lowest BCUT2D eigenvalue weighted by atomic mass is 9.86. The van der Waals surface area contributed by atoms with Crippen LogP contribution in [-0.4, -0.2) is 27.7 Å². The van der Waals surface area contributed by atoms with Crippen molar-refractivity contribution >= 4 is 5.95 Å². The lowest BCUT2D eigenvalue weighted by molar-refractivity contribution is 0.0762. The molecule has 1 aromatic rings. The molecule has 0 aliphatic heterocycles. The van der Waals surface area contributed by atoms with E-state index >= 15 is 0 Å². The number of hydrogen-bond acceptors (Lipinski definition) is 4. The van der Waals surface area contributed by atoms with Crippen LogP contribution < -0.4 is 5.32 Å². The van der Waals surface area contributed by atoms with Gasteiger partial charge in [-0.1, -0.05) is 12.8 Å². The van der Waals surface area contributed by atoms with E-state index in [1.54, 1.807) is 0 Å². The molecule has 1 aliphatic rings. The first kappa shape index (κ1) is 11.3. The largest absolute Gasteiger partial charge is 0.393 e. The number of halogens is 1. The van der Waals surface area contributed by atoms with E-state index in [0.29, 0.717) is 12.5 Å². The summed E-state index contributed by atoms with van der Waals surface area (Å²) >= 11 is 0. The Morgan fingerprint density at radius 1 is 1.31 bits per heavy atom. The number of aromatic nitrogens is 2. The van der Waals surface area contributed by atoms with Crippen LogP contribution in [0.1, 0.15) is 25.7 Å². The van der Waals surface area contributed by atoms with Crippen molar-refractivity contribution in [3.05, 3.63) is 18.2 Å². The van der Waals surface area contributed by atoms with E-state index < -0.39 is 5.82 Å². The highest BCUT2D eigenvalue weighted by Crippen LogP contribution is 2.24. The minimum Gasteiger partial charge on any atom is -0.393 e. The number of nitrogens with one attached hydrogen (secondary N) is 1. The molecule has 0 spiro atoms. The Balaban J connectivity index is 1.84. The van der Waals surface area contributed by atoms with Crippen molar-refractivity contribution in [2.75, 3.05) is 11.9 Å². The van der Waals surface area contributed by atoms with Gasteiger partial charge in [0.15, 0.2) is 5.82 Å². The molecule has 1 fully saturated rings. The first-order chi connectivity index (χ1) is 7.75. The zero-order valence-corrected chi connectivity index (χ0v) is 9.06. The van der Waals surface area contributed by atoms with Gasteiger partial charge in [-0.25, -0.2) is 14.4 Å². The van der Waals surface area contributed by atoms with Gasteiger partial charge in [-0.05, 0) is 12.8 Å². The SMILES string of the molecule is OC1CCCCC1CNc1ncc(F)cn1. The summed E-state index contributed by atoms with van der Waals surface area (Å²) in [6.45, 7) is 0.646. The molecule has 5 heteroatoms. The second-order valence-electron chi connectivity index (χ2n) is 4.22. The maximum Gasteiger partial charge on any atom is 0.222 e. The summed E-state index contributed by atoms with van der Waals surface area (Å²) in [5, 5.41) is 12.8. The van der Waals surface area contributed by atoms with E-state index in [1.807, 2.05) is 0 Å². The summed E-state index contributed by atoms with van der Waals surface area (Å²) in [6.07, 6.45) is 6.19. The summed E-state index contributed by atoms with van der Waals surface area (Å²) in [7, 11) is 0. The van der Waals surface area contributed by atoms with Gasteiger partial charge in [0, 0.05) is 12.5 Å². The topological polar surface area (TPSA) is 58.0 Å². The minimum atomic E-state index is -0.441. The first-order valence-electron chi connectivity index (χ1n) is 5.65. The van der Waals surface area contributed by atoms with Crippen molar-refractivity contribution < 1.29 is 9.50 Å². The number of rotatable bonds is 3. The van der Waals surface area contributed by atoms with Crippen LogP contribution in [-0.2, 0) is 0 Å². The van der Waals surface area contributed by atoms with Gasteiger partial charge >= 0.3 is 0 Å². The summed E-state index contributed by atoms with van der Waals surface area (Å²) in [4.78, 5) is 7.62. The van der Waals surface area contributed by atoms with Crippen molar-refractivity contribution in [3.8, 4) is 0 Å². The second-order valence-corrected chi connectivity index (χ2v) is 4.22. The smallest absolute Gasteiger partial charge is 0.222 e. The van der Waals surface area contributed by atoms with Crippen LogP contribution in [0.25, 0.3) is 0 Å².